The predicted molar refractivity (Wildman–Crippen MR) is 140 cm³/mol. The van der Waals surface area contributed by atoms with Crippen LogP contribution in [0.3, 0.4) is 0 Å². The van der Waals surface area contributed by atoms with Crippen LogP contribution in [0.5, 0.6) is 0 Å². The van der Waals surface area contributed by atoms with Crippen LogP contribution < -0.4 is 4.90 Å². The fourth-order valence-electron chi connectivity index (χ4n) is 4.23. The summed E-state index contributed by atoms with van der Waals surface area (Å²) >= 11 is 0. The number of aryl methyl sites for hydroxylation is 1. The summed E-state index contributed by atoms with van der Waals surface area (Å²) in [7, 11) is 4.14. The van der Waals surface area contributed by atoms with Crippen molar-refractivity contribution >= 4 is 17.6 Å². The highest BCUT2D eigenvalue weighted by atomic mass is 16.2. The summed E-state index contributed by atoms with van der Waals surface area (Å²) in [4.78, 5) is 25.1. The first-order chi connectivity index (χ1) is 16.5. The second-order valence-electron chi connectivity index (χ2n) is 9.04. The Morgan fingerprint density at radius 1 is 0.824 bits per heavy atom. The molecule has 0 N–H and O–H groups in total. The van der Waals surface area contributed by atoms with Gasteiger partial charge in [0.25, 0.3) is 5.91 Å². The minimum Gasteiger partial charge on any atom is -0.337 e. The molecule has 1 aliphatic rings. The lowest BCUT2D eigenvalue weighted by atomic mass is 10.1. The number of anilines is 1. The van der Waals surface area contributed by atoms with Gasteiger partial charge in [-0.3, -0.25) is 4.79 Å². The molecule has 3 aromatic carbocycles. The van der Waals surface area contributed by atoms with Crippen LogP contribution in [0.2, 0.25) is 0 Å². The molecular formula is C29H34N4O. The number of hydrogen-bond acceptors (Lipinski definition) is 4. The van der Waals surface area contributed by atoms with Crippen LogP contribution >= 0.6 is 0 Å². The lowest BCUT2D eigenvalue weighted by molar-refractivity contribution is -0.118. The zero-order valence-electron chi connectivity index (χ0n) is 20.4. The van der Waals surface area contributed by atoms with E-state index in [-0.39, 0.29) is 5.91 Å². The van der Waals surface area contributed by atoms with Crippen LogP contribution in [0.15, 0.2) is 89.9 Å². The molecule has 5 heteroatoms. The molecule has 0 aromatic heterocycles. The molecule has 0 aliphatic carbocycles. The van der Waals surface area contributed by atoms with E-state index in [1.165, 1.54) is 11.1 Å². The van der Waals surface area contributed by atoms with Crippen molar-refractivity contribution in [3.05, 3.63) is 102 Å². The Balaban J connectivity index is 1.72. The van der Waals surface area contributed by atoms with Crippen molar-refractivity contribution in [2.24, 2.45) is 4.99 Å². The van der Waals surface area contributed by atoms with Crippen molar-refractivity contribution in [3.8, 4) is 0 Å². The topological polar surface area (TPSA) is 39.2 Å². The maximum absolute atomic E-state index is 13.8. The highest BCUT2D eigenvalue weighted by Crippen LogP contribution is 2.27. The van der Waals surface area contributed by atoms with E-state index in [0.29, 0.717) is 13.0 Å². The molecule has 0 saturated carbocycles. The number of hydrogen-bond donors (Lipinski definition) is 0. The molecule has 1 heterocycles. The average molecular weight is 455 g/mol. The molecule has 0 saturated heterocycles. The third kappa shape index (κ3) is 5.72. The molecule has 0 fully saturated rings. The highest BCUT2D eigenvalue weighted by molar-refractivity contribution is 6.22. The van der Waals surface area contributed by atoms with Crippen molar-refractivity contribution in [1.29, 1.82) is 0 Å². The lowest BCUT2D eigenvalue weighted by Crippen LogP contribution is -2.46. The van der Waals surface area contributed by atoms with Gasteiger partial charge < -0.3 is 9.80 Å². The van der Waals surface area contributed by atoms with Crippen molar-refractivity contribution in [3.63, 3.8) is 0 Å². The lowest BCUT2D eigenvalue weighted by Gasteiger charge is -2.31. The Hall–Kier alpha value is -3.44. The molecule has 5 nitrogen and oxygen atoms in total. The number of nitrogens with zero attached hydrogens (tertiary/aromatic N) is 4. The molecular weight excluding hydrogens is 420 g/mol. The summed E-state index contributed by atoms with van der Waals surface area (Å²) in [6, 6.07) is 28.4. The number of carbonyl (C=O) groups is 1. The maximum atomic E-state index is 13.8. The summed E-state index contributed by atoms with van der Waals surface area (Å²) in [5.41, 5.74) is 4.42. The Bertz CT molecular complexity index is 1110. The fraction of sp³-hybridized carbons (Fsp3) is 0.310. The predicted octanol–water partition coefficient (Wildman–Crippen LogP) is 4.63. The first-order valence-corrected chi connectivity index (χ1v) is 12.0. The Morgan fingerprint density at radius 2 is 1.47 bits per heavy atom. The smallest absolute Gasteiger partial charge is 0.259 e. The largest absolute Gasteiger partial charge is 0.337 e. The Morgan fingerprint density at radius 3 is 2.12 bits per heavy atom. The fourth-order valence-corrected chi connectivity index (χ4v) is 4.23. The first kappa shape index (κ1) is 23.7. The average Bonchev–Trinajstić information content (AvgIpc) is 3.18. The monoisotopic (exact) mass is 454 g/mol. The van der Waals surface area contributed by atoms with E-state index in [9.17, 15) is 4.79 Å². The van der Waals surface area contributed by atoms with Gasteiger partial charge in [0.05, 0.1) is 5.69 Å². The van der Waals surface area contributed by atoms with Crippen molar-refractivity contribution in [2.45, 2.75) is 32.4 Å². The van der Waals surface area contributed by atoms with Gasteiger partial charge in [-0.05, 0) is 49.3 Å². The quantitative estimate of drug-likeness (QED) is 0.473. The Kier molecular flexibility index (Phi) is 7.76. The minimum absolute atomic E-state index is 0.0371. The van der Waals surface area contributed by atoms with Crippen LogP contribution in [0, 0.1) is 0 Å². The molecule has 0 radical (unpaired) electrons. The van der Waals surface area contributed by atoms with Crippen LogP contribution in [-0.4, -0.2) is 54.9 Å². The molecule has 176 valence electrons. The van der Waals surface area contributed by atoms with Gasteiger partial charge >= 0.3 is 0 Å². The summed E-state index contributed by atoms with van der Waals surface area (Å²) in [6.07, 6.45) is 1.52. The number of aliphatic imine (C=N–C) groups is 1. The number of guanidine groups is 1. The zero-order valence-corrected chi connectivity index (χ0v) is 20.4. The van der Waals surface area contributed by atoms with Gasteiger partial charge in [-0.25, -0.2) is 9.89 Å². The van der Waals surface area contributed by atoms with Crippen molar-refractivity contribution < 1.29 is 4.79 Å². The summed E-state index contributed by atoms with van der Waals surface area (Å²) in [5, 5.41) is 0. The van der Waals surface area contributed by atoms with Gasteiger partial charge in [-0.2, -0.15) is 0 Å². The van der Waals surface area contributed by atoms with E-state index in [0.717, 1.165) is 36.7 Å². The van der Waals surface area contributed by atoms with Gasteiger partial charge in [0.2, 0.25) is 5.96 Å². The maximum Gasteiger partial charge on any atom is 0.259 e. The number of amides is 1. The number of carbonyl (C=O) groups excluding carboxylic acids is 1. The molecule has 3 aromatic rings. The van der Waals surface area contributed by atoms with Crippen LogP contribution in [0.1, 0.15) is 23.6 Å². The van der Waals surface area contributed by atoms with E-state index < -0.39 is 6.04 Å². The van der Waals surface area contributed by atoms with E-state index in [1.54, 1.807) is 0 Å². The van der Waals surface area contributed by atoms with E-state index in [1.807, 2.05) is 41.3 Å². The van der Waals surface area contributed by atoms with Crippen molar-refractivity contribution in [2.75, 3.05) is 32.1 Å². The second-order valence-corrected chi connectivity index (χ2v) is 9.04. The van der Waals surface area contributed by atoms with Crippen LogP contribution in [0.25, 0.3) is 0 Å². The third-order valence-electron chi connectivity index (χ3n) is 6.14. The normalized spacial score (nSPS) is 15.6. The summed E-state index contributed by atoms with van der Waals surface area (Å²) < 4.78 is 0. The van der Waals surface area contributed by atoms with Gasteiger partial charge in [0.15, 0.2) is 0 Å². The van der Waals surface area contributed by atoms with Gasteiger partial charge in [0.1, 0.15) is 6.04 Å². The van der Waals surface area contributed by atoms with Crippen molar-refractivity contribution in [1.82, 2.24) is 9.80 Å². The minimum atomic E-state index is -0.430. The molecule has 4 rings (SSSR count). The van der Waals surface area contributed by atoms with Crippen LogP contribution in [-0.2, 0) is 24.2 Å². The molecule has 1 atom stereocenters. The molecule has 34 heavy (non-hydrogen) atoms. The van der Waals surface area contributed by atoms with Crippen LogP contribution in [0.4, 0.5) is 5.69 Å². The second kappa shape index (κ2) is 11.1. The van der Waals surface area contributed by atoms with Gasteiger partial charge in [-0.1, -0.05) is 79.7 Å². The van der Waals surface area contributed by atoms with E-state index >= 15 is 0 Å². The van der Waals surface area contributed by atoms with E-state index in [4.69, 9.17) is 4.99 Å². The third-order valence-corrected chi connectivity index (χ3v) is 6.14. The van der Waals surface area contributed by atoms with E-state index in [2.05, 4.69) is 79.3 Å². The zero-order chi connectivity index (χ0) is 23.9. The highest BCUT2D eigenvalue weighted by Gasteiger charge is 2.38. The first-order valence-electron chi connectivity index (χ1n) is 12.0. The standard InChI is InChI=1S/C29H34N4O/c1-4-23-16-11-17-26(20-23)33-28(34)27(21-24-12-7-5-8-13-24)30-29(33)32(19-18-31(2)3)22-25-14-9-6-10-15-25/h5-17,20,27H,4,18-19,21-22H2,1-3H3. The Labute approximate surface area is 203 Å². The molecule has 1 unspecified atom stereocenters. The molecule has 0 spiro atoms. The SMILES string of the molecule is CCc1cccc(N2C(=O)C(Cc3ccccc3)N=C2N(CCN(C)C)Cc2ccccc2)c1. The molecule has 1 aliphatic heterocycles. The summed E-state index contributed by atoms with van der Waals surface area (Å²) in [5.74, 6) is 0.778. The molecule has 1 amide bonds. The molecule has 0 bridgehead atoms. The van der Waals surface area contributed by atoms with Gasteiger partial charge in [0, 0.05) is 26.1 Å². The number of rotatable bonds is 9. The number of benzene rings is 3. The summed E-state index contributed by atoms with van der Waals surface area (Å²) in [6.45, 7) is 4.47. The van der Waals surface area contributed by atoms with Gasteiger partial charge in [-0.15, -0.1) is 0 Å². The number of likely N-dealkylation sites (N-methyl/N-ethyl adjacent to an activating group) is 1.